The second kappa shape index (κ2) is 13.2. The molecule has 7 rings (SSSR count). The lowest BCUT2D eigenvalue weighted by molar-refractivity contribution is -0.138. The number of hydrogen-bond donors (Lipinski definition) is 0. The highest BCUT2D eigenvalue weighted by molar-refractivity contribution is 7.98. The van der Waals surface area contributed by atoms with Gasteiger partial charge in [-0.1, -0.05) is 95.7 Å². The quantitative estimate of drug-likeness (QED) is 0.125. The molecule has 1 atom stereocenters. The van der Waals surface area contributed by atoms with E-state index in [0.717, 1.165) is 38.1 Å². The van der Waals surface area contributed by atoms with E-state index in [-0.39, 0.29) is 12.2 Å². The lowest BCUT2D eigenvalue weighted by Crippen LogP contribution is -2.40. The zero-order valence-electron chi connectivity index (χ0n) is 25.7. The van der Waals surface area contributed by atoms with Crippen LogP contribution in [0.4, 0.5) is 0 Å². The van der Waals surface area contributed by atoms with Crippen LogP contribution in [-0.4, -0.2) is 28.0 Å². The zero-order valence-corrected chi connectivity index (χ0v) is 28.1. The van der Waals surface area contributed by atoms with Gasteiger partial charge in [-0.15, -0.1) is 11.8 Å². The highest BCUT2D eigenvalue weighted by atomic mass is 35.5. The fourth-order valence-corrected chi connectivity index (χ4v) is 7.65. The Morgan fingerprint density at radius 2 is 1.77 bits per heavy atom. The monoisotopic (exact) mass is 675 g/mol. The summed E-state index contributed by atoms with van der Waals surface area (Å²) in [7, 11) is 0. The number of halogens is 1. The molecule has 0 saturated heterocycles. The summed E-state index contributed by atoms with van der Waals surface area (Å²) in [5.41, 5.74) is 5.27. The van der Waals surface area contributed by atoms with Crippen LogP contribution in [0.5, 0.6) is 0 Å². The van der Waals surface area contributed by atoms with Crippen molar-refractivity contribution in [2.45, 2.75) is 24.4 Å². The van der Waals surface area contributed by atoms with E-state index < -0.39 is 12.0 Å². The fraction of sp³-hybridized carbons (Fsp3) is 0.132. The highest BCUT2D eigenvalue weighted by Gasteiger charge is 2.35. The predicted molar refractivity (Wildman–Crippen MR) is 192 cm³/mol. The Morgan fingerprint density at radius 3 is 2.51 bits per heavy atom. The molecule has 1 aliphatic heterocycles. The van der Waals surface area contributed by atoms with Gasteiger partial charge in [0.05, 0.1) is 28.5 Å². The number of ether oxygens (including phenoxy) is 1. The van der Waals surface area contributed by atoms with Crippen molar-refractivity contribution >= 4 is 63.3 Å². The molecule has 0 N–H and O–H groups in total. The Kier molecular flexibility index (Phi) is 8.73. The van der Waals surface area contributed by atoms with Crippen LogP contribution in [0.25, 0.3) is 22.7 Å². The first-order valence-electron chi connectivity index (χ1n) is 15.2. The van der Waals surface area contributed by atoms with Crippen molar-refractivity contribution in [2.75, 3.05) is 12.9 Å². The number of nitrogens with zero attached hydrogens (tertiary/aromatic N) is 3. The zero-order chi connectivity index (χ0) is 32.5. The van der Waals surface area contributed by atoms with Crippen LogP contribution >= 0.6 is 34.7 Å². The van der Waals surface area contributed by atoms with Crippen molar-refractivity contribution in [3.63, 3.8) is 0 Å². The second-order valence-corrected chi connectivity index (χ2v) is 13.4. The van der Waals surface area contributed by atoms with Gasteiger partial charge < -0.3 is 9.30 Å². The Morgan fingerprint density at radius 1 is 1.00 bits per heavy atom. The summed E-state index contributed by atoms with van der Waals surface area (Å²) >= 11 is 9.24. The number of carbonyl (C=O) groups excluding carboxylic acids is 1. The largest absolute Gasteiger partial charge is 0.463 e. The van der Waals surface area contributed by atoms with Crippen LogP contribution in [0, 0.1) is 0 Å². The molecule has 0 saturated carbocycles. The minimum absolute atomic E-state index is 0.201. The summed E-state index contributed by atoms with van der Waals surface area (Å²) in [4.78, 5) is 34.8. The molecule has 47 heavy (non-hydrogen) atoms. The van der Waals surface area contributed by atoms with E-state index in [9.17, 15) is 9.59 Å². The minimum atomic E-state index is -0.720. The Balaban J connectivity index is 1.44. The number of benzene rings is 4. The molecule has 0 amide bonds. The normalized spacial score (nSPS) is 14.7. The first-order chi connectivity index (χ1) is 22.9. The molecule has 0 bridgehead atoms. The molecule has 6 nitrogen and oxygen atoms in total. The van der Waals surface area contributed by atoms with Crippen molar-refractivity contribution in [3.8, 4) is 0 Å². The molecule has 0 spiro atoms. The molecule has 0 unspecified atom stereocenters. The SMILES string of the molecule is CCOC(=O)C1=C(c2ccccc2)N=c2s/c(=C\c3cn(Cc4cccc(Cl)c4)c4ccccc34)c(=O)n2[C@@H]1c1ccc(SC)cc1. The lowest BCUT2D eigenvalue weighted by atomic mass is 9.93. The molecule has 4 aromatic carbocycles. The van der Waals surface area contributed by atoms with Crippen LogP contribution in [0.1, 0.15) is 35.2 Å². The average Bonchev–Trinajstić information content (AvgIpc) is 3.60. The number of thioether (sulfide) groups is 1. The molecular weight excluding hydrogens is 646 g/mol. The summed E-state index contributed by atoms with van der Waals surface area (Å²) in [6.45, 7) is 2.61. The molecule has 0 fully saturated rings. The Hall–Kier alpha value is -4.63. The molecule has 0 radical (unpaired) electrons. The molecular formula is C38H30ClN3O3S2. The Labute approximate surface area is 284 Å². The molecule has 9 heteroatoms. The summed E-state index contributed by atoms with van der Waals surface area (Å²) in [6, 6.07) is 32.8. The highest BCUT2D eigenvalue weighted by Crippen LogP contribution is 2.36. The van der Waals surface area contributed by atoms with Crippen molar-refractivity contribution in [1.82, 2.24) is 9.13 Å². The van der Waals surface area contributed by atoms with Gasteiger partial charge in [-0.3, -0.25) is 9.36 Å². The third-order valence-electron chi connectivity index (χ3n) is 8.15. The van der Waals surface area contributed by atoms with E-state index in [2.05, 4.69) is 29.0 Å². The van der Waals surface area contributed by atoms with Gasteiger partial charge in [0.15, 0.2) is 4.80 Å². The molecule has 2 aromatic heterocycles. The number of thiazole rings is 1. The van der Waals surface area contributed by atoms with Crippen molar-refractivity contribution < 1.29 is 9.53 Å². The van der Waals surface area contributed by atoms with Gasteiger partial charge in [0.1, 0.15) is 0 Å². The first kappa shape index (κ1) is 31.0. The summed E-state index contributed by atoms with van der Waals surface area (Å²) in [5.74, 6) is -0.493. The Bertz CT molecular complexity index is 2340. The number of hydrogen-bond acceptors (Lipinski definition) is 6. The van der Waals surface area contributed by atoms with E-state index >= 15 is 0 Å². The van der Waals surface area contributed by atoms with E-state index in [1.165, 1.54) is 11.3 Å². The molecule has 6 aromatic rings. The van der Waals surface area contributed by atoms with E-state index in [0.29, 0.717) is 32.2 Å². The van der Waals surface area contributed by atoms with Crippen LogP contribution in [-0.2, 0) is 16.1 Å². The van der Waals surface area contributed by atoms with Gasteiger partial charge >= 0.3 is 5.97 Å². The number of aromatic nitrogens is 2. The number of esters is 1. The smallest absolute Gasteiger partial charge is 0.338 e. The lowest BCUT2D eigenvalue weighted by Gasteiger charge is -2.26. The van der Waals surface area contributed by atoms with Crippen molar-refractivity contribution in [3.05, 3.63) is 162 Å². The third kappa shape index (κ3) is 6.00. The number of fused-ring (bicyclic) bond motifs is 2. The molecule has 234 valence electrons. The van der Waals surface area contributed by atoms with Gasteiger partial charge in [0, 0.05) is 44.7 Å². The minimum Gasteiger partial charge on any atom is -0.463 e. The number of para-hydroxylation sites is 1. The maximum Gasteiger partial charge on any atom is 0.338 e. The van der Waals surface area contributed by atoms with E-state index in [4.69, 9.17) is 21.3 Å². The van der Waals surface area contributed by atoms with Crippen molar-refractivity contribution in [1.29, 1.82) is 0 Å². The summed E-state index contributed by atoms with van der Waals surface area (Å²) < 4.78 is 9.95. The van der Waals surface area contributed by atoms with Gasteiger partial charge in [-0.2, -0.15) is 0 Å². The predicted octanol–water partition coefficient (Wildman–Crippen LogP) is 7.31. The summed E-state index contributed by atoms with van der Waals surface area (Å²) in [5, 5.41) is 1.72. The fourth-order valence-electron chi connectivity index (χ4n) is 6.04. The van der Waals surface area contributed by atoms with Gasteiger partial charge in [-0.25, -0.2) is 9.79 Å². The van der Waals surface area contributed by atoms with E-state index in [1.54, 1.807) is 23.3 Å². The molecule has 0 aliphatic carbocycles. The maximum atomic E-state index is 14.4. The van der Waals surface area contributed by atoms with Crippen LogP contribution in [0.3, 0.4) is 0 Å². The molecule has 1 aliphatic rings. The van der Waals surface area contributed by atoms with Gasteiger partial charge in [0.2, 0.25) is 0 Å². The van der Waals surface area contributed by atoms with Crippen LogP contribution < -0.4 is 14.9 Å². The molecule has 3 heterocycles. The maximum absolute atomic E-state index is 14.4. The average molecular weight is 676 g/mol. The number of rotatable bonds is 8. The standard InChI is InChI=1S/C38H30ClN3O3S2/c1-3-45-37(44)33-34(25-11-5-4-6-12-25)40-38-42(35(33)26-16-18-29(46-2)19-17-26)36(43)32(47-38)21-27-23-41(31-15-8-7-14-30(27)31)22-24-10-9-13-28(39)20-24/h4-21,23,35H,3,22H2,1-2H3/b32-21-/t35-/m1/s1. The second-order valence-electron chi connectivity index (χ2n) is 11.1. The van der Waals surface area contributed by atoms with Crippen LogP contribution in [0.15, 0.2) is 130 Å². The van der Waals surface area contributed by atoms with Crippen LogP contribution in [0.2, 0.25) is 5.02 Å². The van der Waals surface area contributed by atoms with Crippen molar-refractivity contribution in [2.24, 2.45) is 4.99 Å². The van der Waals surface area contributed by atoms with Gasteiger partial charge in [0.25, 0.3) is 5.56 Å². The third-order valence-corrected chi connectivity index (χ3v) is 10.1. The number of carbonyl (C=O) groups is 1. The first-order valence-corrected chi connectivity index (χ1v) is 17.6. The topological polar surface area (TPSA) is 65.6 Å². The van der Waals surface area contributed by atoms with E-state index in [1.807, 2.05) is 97.3 Å². The van der Waals surface area contributed by atoms with Gasteiger partial charge in [-0.05, 0) is 60.7 Å². The summed E-state index contributed by atoms with van der Waals surface area (Å²) in [6.07, 6.45) is 6.02.